The number of hydrogen-bond acceptors (Lipinski definition) is 7. The monoisotopic (exact) mass is 453 g/mol. The van der Waals surface area contributed by atoms with E-state index in [1.807, 2.05) is 43.9 Å². The van der Waals surface area contributed by atoms with Crippen molar-refractivity contribution in [3.05, 3.63) is 23.8 Å². The first kappa shape index (κ1) is 23.0. The van der Waals surface area contributed by atoms with Crippen LogP contribution in [0, 0.1) is 17.2 Å². The molecule has 1 aromatic carbocycles. The molecule has 2 saturated carbocycles. The summed E-state index contributed by atoms with van der Waals surface area (Å²) in [6.07, 6.45) is 9.76. The molecule has 4 nitrogen and oxygen atoms in total. The Morgan fingerprint density at radius 3 is 2.38 bits per heavy atom. The van der Waals surface area contributed by atoms with Crippen LogP contribution in [0.4, 0.5) is 0 Å². The summed E-state index contributed by atoms with van der Waals surface area (Å²) >= 11 is 5.01. The summed E-state index contributed by atoms with van der Waals surface area (Å²) in [5.41, 5.74) is -0.621. The molecule has 0 spiro atoms. The van der Waals surface area contributed by atoms with Gasteiger partial charge >= 0.3 is 0 Å². The fraction of sp³-hybridized carbons (Fsp3) is 0.682. The number of ether oxygens (including phenoxy) is 2. The molecule has 3 atom stereocenters. The second kappa shape index (κ2) is 8.82. The summed E-state index contributed by atoms with van der Waals surface area (Å²) in [6.45, 7) is 2.61. The van der Waals surface area contributed by atoms with Gasteiger partial charge in [-0.2, -0.15) is 17.0 Å². The molecule has 7 heteroatoms. The van der Waals surface area contributed by atoms with Crippen LogP contribution in [0.3, 0.4) is 0 Å². The number of nitrogens with zero attached hydrogens (tertiary/aromatic N) is 1. The maximum atomic E-state index is 11.3. The van der Waals surface area contributed by atoms with Gasteiger partial charge in [0.25, 0.3) is 0 Å². The highest BCUT2D eigenvalue weighted by Crippen LogP contribution is 2.61. The van der Waals surface area contributed by atoms with E-state index in [1.54, 1.807) is 42.4 Å². The molecule has 3 rings (SSSR count). The minimum atomic E-state index is -0.863. The molecular weight excluding hydrogens is 422 g/mol. The molecule has 0 heterocycles. The van der Waals surface area contributed by atoms with Gasteiger partial charge in [0, 0.05) is 0 Å². The van der Waals surface area contributed by atoms with Crippen LogP contribution in [0.15, 0.2) is 18.2 Å². The molecule has 2 fully saturated rings. The summed E-state index contributed by atoms with van der Waals surface area (Å²) in [5, 5.41) is 21.8. The average Bonchev–Trinajstić information content (AvgIpc) is 3.56. The minimum absolute atomic E-state index is 0.0848. The summed E-state index contributed by atoms with van der Waals surface area (Å²) < 4.78 is 11.1. The first-order valence-corrected chi connectivity index (χ1v) is 13.7. The van der Waals surface area contributed by atoms with Crippen LogP contribution in [0.5, 0.6) is 11.5 Å². The predicted molar refractivity (Wildman–Crippen MR) is 125 cm³/mol. The van der Waals surface area contributed by atoms with E-state index in [-0.39, 0.29) is 5.25 Å². The summed E-state index contributed by atoms with van der Waals surface area (Å²) in [4.78, 5) is 0. The summed E-state index contributed by atoms with van der Waals surface area (Å²) in [7, 11) is 1.65. The number of rotatable bonds is 8. The first-order valence-electron chi connectivity index (χ1n) is 9.92. The van der Waals surface area contributed by atoms with Crippen LogP contribution in [0.2, 0.25) is 0 Å². The Morgan fingerprint density at radius 2 is 1.86 bits per heavy atom. The molecule has 29 heavy (non-hydrogen) atoms. The molecule has 1 N–H and O–H groups in total. The van der Waals surface area contributed by atoms with Crippen molar-refractivity contribution in [2.75, 3.05) is 32.5 Å². The molecule has 2 aliphatic carbocycles. The Bertz CT molecular complexity index is 771. The van der Waals surface area contributed by atoms with E-state index < -0.39 is 15.1 Å². The smallest absolute Gasteiger partial charge is 0.161 e. The molecule has 0 radical (unpaired) electrons. The maximum Gasteiger partial charge on any atom is 0.161 e. The zero-order valence-corrected chi connectivity index (χ0v) is 20.3. The lowest BCUT2D eigenvalue weighted by atomic mass is 9.65. The zero-order chi connectivity index (χ0) is 21.3. The average molecular weight is 454 g/mol. The Labute approximate surface area is 187 Å². The third-order valence-electron chi connectivity index (χ3n) is 6.44. The van der Waals surface area contributed by atoms with Crippen LogP contribution in [-0.4, -0.2) is 52.5 Å². The van der Waals surface area contributed by atoms with Crippen LogP contribution >= 0.6 is 35.3 Å². The number of aliphatic hydroxyl groups is 1. The Kier molecular flexibility index (Phi) is 6.99. The maximum absolute atomic E-state index is 11.3. The molecule has 3 unspecified atom stereocenters. The van der Waals surface area contributed by atoms with Gasteiger partial charge in [-0.05, 0) is 75.0 Å². The predicted octanol–water partition coefficient (Wildman–Crippen LogP) is 4.94. The van der Waals surface area contributed by atoms with Crippen molar-refractivity contribution in [3.8, 4) is 17.6 Å². The number of nitriles is 1. The van der Waals surface area contributed by atoms with Gasteiger partial charge in [0.2, 0.25) is 0 Å². The van der Waals surface area contributed by atoms with Gasteiger partial charge in [0.1, 0.15) is 4.08 Å². The lowest BCUT2D eigenvalue weighted by molar-refractivity contribution is 0.00768. The molecule has 160 valence electrons. The van der Waals surface area contributed by atoms with Crippen molar-refractivity contribution in [2.24, 2.45) is 5.92 Å². The normalized spacial score (nSPS) is 31.1. The third-order valence-corrected chi connectivity index (χ3v) is 11.5. The molecule has 0 aromatic heterocycles. The molecule has 0 amide bonds. The van der Waals surface area contributed by atoms with E-state index in [2.05, 4.69) is 6.07 Å². The van der Waals surface area contributed by atoms with Crippen LogP contribution in [0.1, 0.15) is 38.2 Å². The van der Waals surface area contributed by atoms with Gasteiger partial charge in [-0.3, -0.25) is 0 Å². The van der Waals surface area contributed by atoms with Crippen molar-refractivity contribution in [1.29, 1.82) is 5.26 Å². The number of hydrogen-bond donors (Lipinski definition) is 1. The first-order chi connectivity index (χ1) is 13.8. The molecular formula is C22H31NO3S3. The number of thioether (sulfide) groups is 3. The van der Waals surface area contributed by atoms with Crippen LogP contribution in [-0.2, 0) is 5.41 Å². The van der Waals surface area contributed by atoms with Crippen molar-refractivity contribution < 1.29 is 14.6 Å². The highest BCUT2D eigenvalue weighted by Gasteiger charge is 2.63. The SMILES string of the molecule is COc1ccc(C2(C#N)CCC(C)(O)C(SC)(SC)C2SC)cc1OCC1CC1. The van der Waals surface area contributed by atoms with Gasteiger partial charge in [-0.1, -0.05) is 6.07 Å². The topological polar surface area (TPSA) is 62.5 Å². The lowest BCUT2D eigenvalue weighted by Crippen LogP contribution is -2.64. The van der Waals surface area contributed by atoms with Gasteiger partial charge in [-0.15, -0.1) is 23.5 Å². The lowest BCUT2D eigenvalue weighted by Gasteiger charge is -2.57. The van der Waals surface area contributed by atoms with E-state index >= 15 is 0 Å². The second-order valence-electron chi connectivity index (χ2n) is 8.17. The largest absolute Gasteiger partial charge is 0.493 e. The summed E-state index contributed by atoms with van der Waals surface area (Å²) in [5.74, 6) is 2.05. The van der Waals surface area contributed by atoms with Crippen molar-refractivity contribution >= 4 is 35.3 Å². The molecule has 0 aliphatic heterocycles. The van der Waals surface area contributed by atoms with Crippen LogP contribution < -0.4 is 9.47 Å². The standard InChI is InChI=1S/C22H31NO3S3/c1-20(24)10-11-21(14-23,19(27-3)22(20,28-4)29-5)16-8-9-17(25-2)18(12-16)26-13-15-6-7-15/h8-9,12,15,19,24H,6-7,10-11,13H2,1-5H3. The van der Waals surface area contributed by atoms with E-state index in [1.165, 1.54) is 12.8 Å². The Hall–Kier alpha value is -0.680. The Balaban J connectivity index is 2.08. The summed E-state index contributed by atoms with van der Waals surface area (Å²) in [6, 6.07) is 8.60. The fourth-order valence-electron chi connectivity index (χ4n) is 4.48. The zero-order valence-electron chi connectivity index (χ0n) is 17.9. The van der Waals surface area contributed by atoms with Crippen molar-refractivity contribution in [3.63, 3.8) is 0 Å². The molecule has 0 saturated heterocycles. The quantitative estimate of drug-likeness (QED) is 0.559. The van der Waals surface area contributed by atoms with E-state index in [9.17, 15) is 10.4 Å². The van der Waals surface area contributed by atoms with E-state index in [0.29, 0.717) is 36.9 Å². The highest BCUT2D eigenvalue weighted by atomic mass is 32.2. The number of methoxy groups -OCH3 is 1. The number of benzene rings is 1. The fourth-order valence-corrected chi connectivity index (χ4v) is 9.49. The van der Waals surface area contributed by atoms with Crippen molar-refractivity contribution in [1.82, 2.24) is 0 Å². The van der Waals surface area contributed by atoms with Crippen LogP contribution in [0.25, 0.3) is 0 Å². The Morgan fingerprint density at radius 1 is 1.17 bits per heavy atom. The molecule has 0 bridgehead atoms. The van der Waals surface area contributed by atoms with E-state index in [4.69, 9.17) is 9.47 Å². The second-order valence-corrected chi connectivity index (χ2v) is 11.5. The third kappa shape index (κ3) is 3.86. The van der Waals surface area contributed by atoms with Gasteiger partial charge < -0.3 is 14.6 Å². The minimum Gasteiger partial charge on any atom is -0.493 e. The highest BCUT2D eigenvalue weighted by molar-refractivity contribution is 8.19. The molecule has 2 aliphatic rings. The van der Waals surface area contributed by atoms with Crippen molar-refractivity contribution in [2.45, 2.75) is 53.0 Å². The van der Waals surface area contributed by atoms with Gasteiger partial charge in [0.15, 0.2) is 11.5 Å². The van der Waals surface area contributed by atoms with Gasteiger partial charge in [0.05, 0.1) is 36.1 Å². The van der Waals surface area contributed by atoms with Gasteiger partial charge in [-0.25, -0.2) is 0 Å². The van der Waals surface area contributed by atoms with E-state index in [0.717, 1.165) is 5.56 Å². The molecule has 1 aromatic rings.